The van der Waals surface area contributed by atoms with Gasteiger partial charge in [-0.2, -0.15) is 0 Å². The zero-order valence-electron chi connectivity index (χ0n) is 11.7. The molecule has 2 aliphatic heterocycles. The van der Waals surface area contributed by atoms with Crippen LogP contribution in [0.25, 0.3) is 5.69 Å². The fraction of sp³-hybridized carbons (Fsp3) is 0.0556. The van der Waals surface area contributed by atoms with E-state index in [0.717, 1.165) is 28.3 Å². The third-order valence-corrected chi connectivity index (χ3v) is 4.44. The monoisotopic (exact) mass is 287 g/mol. The molecule has 106 valence electrons. The van der Waals surface area contributed by atoms with Gasteiger partial charge in [-0.1, -0.05) is 30.3 Å². The van der Waals surface area contributed by atoms with Crippen LogP contribution in [0.5, 0.6) is 0 Å². The Morgan fingerprint density at radius 1 is 0.864 bits per heavy atom. The summed E-state index contributed by atoms with van der Waals surface area (Å²) in [5, 5.41) is 3.00. The van der Waals surface area contributed by atoms with E-state index in [9.17, 15) is 4.79 Å². The zero-order valence-corrected chi connectivity index (χ0v) is 11.7. The largest absolute Gasteiger partial charge is 0.327 e. The molecule has 0 saturated carbocycles. The van der Waals surface area contributed by atoms with E-state index in [4.69, 9.17) is 0 Å². The Kier molecular flexibility index (Phi) is 2.12. The average Bonchev–Trinajstić information content (AvgIpc) is 3.04. The minimum atomic E-state index is -0.0881. The Morgan fingerprint density at radius 3 is 2.55 bits per heavy atom. The number of hydrogen-bond donors (Lipinski definition) is 1. The van der Waals surface area contributed by atoms with Gasteiger partial charge in [-0.25, -0.2) is 4.79 Å². The number of hydrogen-bond acceptors (Lipinski definition) is 1. The summed E-state index contributed by atoms with van der Waals surface area (Å²) in [7, 11) is 0. The third kappa shape index (κ3) is 1.34. The Balaban J connectivity index is 1.86. The molecule has 1 N–H and O–H groups in total. The van der Waals surface area contributed by atoms with Crippen LogP contribution in [-0.2, 0) is 0 Å². The van der Waals surface area contributed by atoms with Crippen LogP contribution in [0.3, 0.4) is 0 Å². The summed E-state index contributed by atoms with van der Waals surface area (Å²) in [5.41, 5.74) is 5.09. The van der Waals surface area contributed by atoms with Crippen LogP contribution in [0.2, 0.25) is 0 Å². The number of anilines is 2. The first-order chi connectivity index (χ1) is 10.8. The molecule has 0 radical (unpaired) electrons. The van der Waals surface area contributed by atoms with Crippen LogP contribution in [0.15, 0.2) is 66.9 Å². The number of fused-ring (bicyclic) bond motifs is 8. The summed E-state index contributed by atoms with van der Waals surface area (Å²) in [6, 6.07) is 20.0. The first kappa shape index (κ1) is 11.6. The van der Waals surface area contributed by atoms with Gasteiger partial charge in [-0.3, -0.25) is 4.90 Å². The van der Waals surface area contributed by atoms with Crippen molar-refractivity contribution in [2.24, 2.45) is 0 Å². The maximum atomic E-state index is 12.7. The molecule has 0 fully saturated rings. The minimum absolute atomic E-state index is 0.0800. The second-order valence-corrected chi connectivity index (χ2v) is 5.58. The van der Waals surface area contributed by atoms with Gasteiger partial charge in [-0.05, 0) is 30.3 Å². The molecule has 0 spiro atoms. The number of urea groups is 1. The Bertz CT molecular complexity index is 912. The third-order valence-electron chi connectivity index (χ3n) is 4.44. The molecule has 1 aromatic heterocycles. The summed E-state index contributed by atoms with van der Waals surface area (Å²) in [6.45, 7) is 0. The molecular formula is C18H13N3O. The molecular weight excluding hydrogens is 274 g/mol. The molecule has 22 heavy (non-hydrogen) atoms. The molecule has 3 heterocycles. The first-order valence-corrected chi connectivity index (χ1v) is 7.30. The molecule has 2 amide bonds. The smallest absolute Gasteiger partial charge is 0.316 e. The number of carbonyl (C=O) groups excluding carboxylic acids is 1. The van der Waals surface area contributed by atoms with Crippen molar-refractivity contribution < 1.29 is 4.79 Å². The van der Waals surface area contributed by atoms with Gasteiger partial charge < -0.3 is 9.88 Å². The van der Waals surface area contributed by atoms with E-state index in [1.54, 1.807) is 0 Å². The summed E-state index contributed by atoms with van der Waals surface area (Å²) < 4.78 is 2.17. The first-order valence-electron chi connectivity index (χ1n) is 7.30. The van der Waals surface area contributed by atoms with Gasteiger partial charge in [0.15, 0.2) is 0 Å². The van der Waals surface area contributed by atoms with Crippen LogP contribution < -0.4 is 10.2 Å². The molecule has 1 atom stereocenters. The van der Waals surface area contributed by atoms with E-state index in [1.807, 2.05) is 53.4 Å². The van der Waals surface area contributed by atoms with Crippen molar-refractivity contribution in [2.75, 3.05) is 10.2 Å². The fourth-order valence-electron chi connectivity index (χ4n) is 3.53. The van der Waals surface area contributed by atoms with Crippen molar-refractivity contribution in [1.82, 2.24) is 4.57 Å². The lowest BCUT2D eigenvalue weighted by molar-refractivity contribution is 0.254. The number of carbonyl (C=O) groups is 1. The number of para-hydroxylation sites is 3. The van der Waals surface area contributed by atoms with E-state index in [-0.39, 0.29) is 12.1 Å². The topological polar surface area (TPSA) is 37.3 Å². The lowest BCUT2D eigenvalue weighted by Gasteiger charge is -2.42. The highest BCUT2D eigenvalue weighted by Crippen LogP contribution is 2.46. The molecule has 5 rings (SSSR count). The average molecular weight is 287 g/mol. The van der Waals surface area contributed by atoms with E-state index in [0.29, 0.717) is 0 Å². The second-order valence-electron chi connectivity index (χ2n) is 5.58. The van der Waals surface area contributed by atoms with Crippen LogP contribution in [-0.4, -0.2) is 10.6 Å². The van der Waals surface area contributed by atoms with Crippen LogP contribution >= 0.6 is 0 Å². The minimum Gasteiger partial charge on any atom is -0.316 e. The van der Waals surface area contributed by atoms with Crippen LogP contribution in [0.4, 0.5) is 16.2 Å². The molecule has 0 saturated heterocycles. The zero-order chi connectivity index (χ0) is 14.7. The molecule has 2 aromatic carbocycles. The second kappa shape index (κ2) is 4.01. The van der Waals surface area contributed by atoms with Gasteiger partial charge in [-0.15, -0.1) is 0 Å². The lowest BCUT2D eigenvalue weighted by atomic mass is 9.95. The standard InChI is InChI=1S/C18H13N3O/c22-18-19-13-7-2-1-6-12(13)17-16-10-5-11-20(16)14-8-3-4-9-15(14)21(17)18/h1-11,17H,(H,19,22). The quantitative estimate of drug-likeness (QED) is 0.668. The molecule has 0 aliphatic carbocycles. The lowest BCUT2D eigenvalue weighted by Crippen LogP contribution is -2.45. The maximum Gasteiger partial charge on any atom is 0.327 e. The van der Waals surface area contributed by atoms with Crippen molar-refractivity contribution in [3.05, 3.63) is 78.1 Å². The fourth-order valence-corrected chi connectivity index (χ4v) is 3.53. The van der Waals surface area contributed by atoms with Gasteiger partial charge in [0, 0.05) is 17.4 Å². The van der Waals surface area contributed by atoms with Gasteiger partial charge in [0.2, 0.25) is 0 Å². The number of benzene rings is 2. The summed E-state index contributed by atoms with van der Waals surface area (Å²) >= 11 is 0. The Labute approximate surface area is 127 Å². The van der Waals surface area contributed by atoms with E-state index >= 15 is 0 Å². The highest BCUT2D eigenvalue weighted by molar-refractivity contribution is 6.07. The van der Waals surface area contributed by atoms with E-state index in [2.05, 4.69) is 28.2 Å². The van der Waals surface area contributed by atoms with Gasteiger partial charge in [0.25, 0.3) is 0 Å². The molecule has 1 unspecified atom stereocenters. The number of rotatable bonds is 0. The van der Waals surface area contributed by atoms with E-state index in [1.165, 1.54) is 0 Å². The van der Waals surface area contributed by atoms with Crippen molar-refractivity contribution in [2.45, 2.75) is 6.04 Å². The predicted octanol–water partition coefficient (Wildman–Crippen LogP) is 3.93. The summed E-state index contributed by atoms with van der Waals surface area (Å²) in [5.74, 6) is 0. The molecule has 4 heteroatoms. The SMILES string of the molecule is O=C1Nc2ccccc2C2c3cccn3-c3ccccc3N12. The van der Waals surface area contributed by atoms with Gasteiger partial charge in [0.1, 0.15) is 6.04 Å². The van der Waals surface area contributed by atoms with Crippen molar-refractivity contribution in [3.8, 4) is 5.69 Å². The normalized spacial score (nSPS) is 17.9. The molecule has 4 nitrogen and oxygen atoms in total. The number of nitrogens with one attached hydrogen (secondary N) is 1. The summed E-state index contributed by atoms with van der Waals surface area (Å²) in [4.78, 5) is 14.5. The Hall–Kier alpha value is -3.01. The van der Waals surface area contributed by atoms with E-state index < -0.39 is 0 Å². The predicted molar refractivity (Wildman–Crippen MR) is 85.6 cm³/mol. The Morgan fingerprint density at radius 2 is 1.64 bits per heavy atom. The molecule has 0 bridgehead atoms. The van der Waals surface area contributed by atoms with Gasteiger partial charge >= 0.3 is 6.03 Å². The number of amides is 2. The van der Waals surface area contributed by atoms with Crippen LogP contribution in [0, 0.1) is 0 Å². The molecule has 2 aliphatic rings. The highest BCUT2D eigenvalue weighted by atomic mass is 16.2. The number of aromatic nitrogens is 1. The summed E-state index contributed by atoms with van der Waals surface area (Å²) in [6.07, 6.45) is 2.06. The maximum absolute atomic E-state index is 12.7. The molecule has 3 aromatic rings. The van der Waals surface area contributed by atoms with Crippen molar-refractivity contribution in [3.63, 3.8) is 0 Å². The van der Waals surface area contributed by atoms with Crippen molar-refractivity contribution >= 4 is 17.4 Å². The van der Waals surface area contributed by atoms with Gasteiger partial charge in [0.05, 0.1) is 17.1 Å². The van der Waals surface area contributed by atoms with Crippen LogP contribution in [0.1, 0.15) is 17.3 Å². The highest BCUT2D eigenvalue weighted by Gasteiger charge is 2.40. The van der Waals surface area contributed by atoms with Crippen molar-refractivity contribution in [1.29, 1.82) is 0 Å². The number of nitrogens with zero attached hydrogens (tertiary/aromatic N) is 2.